The zero-order valence-electron chi connectivity index (χ0n) is 6.85. The molecule has 0 saturated carbocycles. The normalized spacial score (nSPS) is 10.1. The Morgan fingerprint density at radius 3 is 2.77 bits per heavy atom. The van der Waals surface area contributed by atoms with Crippen LogP contribution in [0.1, 0.15) is 0 Å². The quantitative estimate of drug-likeness (QED) is 0.536. The van der Waals surface area contributed by atoms with E-state index < -0.39 is 5.82 Å². The van der Waals surface area contributed by atoms with Gasteiger partial charge >= 0.3 is 0 Å². The van der Waals surface area contributed by atoms with Gasteiger partial charge in [-0.05, 0) is 18.2 Å². The Kier molecular flexibility index (Phi) is 4.35. The molecule has 1 rings (SSSR count). The number of nitrogens with one attached hydrogen (secondary N) is 2. The standard InChI is InChI=1S/C8H10ClFN2S/c9-7-2-1-6(5-8(7)10)11-3-4-12-13/h1-2,5,11-13H,3-4H2. The maximum atomic E-state index is 12.9. The predicted octanol–water partition coefficient (Wildman–Crippen LogP) is 2.33. The SMILES string of the molecule is Fc1cc(NCCNS)ccc1Cl. The summed E-state index contributed by atoms with van der Waals surface area (Å²) in [5.41, 5.74) is 0.713. The fourth-order valence-corrected chi connectivity index (χ4v) is 1.10. The molecule has 0 saturated heterocycles. The Balaban J connectivity index is 2.53. The Bertz CT molecular complexity index is 283. The minimum atomic E-state index is -0.412. The van der Waals surface area contributed by atoms with Crippen LogP contribution in [0.4, 0.5) is 10.1 Å². The molecule has 0 bridgehead atoms. The summed E-state index contributed by atoms with van der Waals surface area (Å²) < 4.78 is 15.6. The monoisotopic (exact) mass is 220 g/mol. The highest BCUT2D eigenvalue weighted by Crippen LogP contribution is 2.18. The van der Waals surface area contributed by atoms with Crippen molar-refractivity contribution in [1.29, 1.82) is 0 Å². The highest BCUT2D eigenvalue weighted by Gasteiger charge is 1.99. The van der Waals surface area contributed by atoms with Crippen molar-refractivity contribution in [2.45, 2.75) is 0 Å². The van der Waals surface area contributed by atoms with Gasteiger partial charge in [0.05, 0.1) is 5.02 Å². The molecule has 0 atom stereocenters. The second kappa shape index (κ2) is 5.32. The Morgan fingerprint density at radius 2 is 2.15 bits per heavy atom. The highest BCUT2D eigenvalue weighted by atomic mass is 35.5. The van der Waals surface area contributed by atoms with Gasteiger partial charge in [0, 0.05) is 18.8 Å². The van der Waals surface area contributed by atoms with Gasteiger partial charge in [0.2, 0.25) is 0 Å². The van der Waals surface area contributed by atoms with Crippen LogP contribution in [-0.2, 0) is 0 Å². The Hall–Kier alpha value is -0.450. The first-order chi connectivity index (χ1) is 6.24. The summed E-state index contributed by atoms with van der Waals surface area (Å²) in [7, 11) is 0. The van der Waals surface area contributed by atoms with Crippen molar-refractivity contribution >= 4 is 30.1 Å². The van der Waals surface area contributed by atoms with Gasteiger partial charge in [-0.1, -0.05) is 24.4 Å². The summed E-state index contributed by atoms with van der Waals surface area (Å²) in [6.07, 6.45) is 0. The molecular formula is C8H10ClFN2S. The van der Waals surface area contributed by atoms with Crippen LogP contribution in [0.15, 0.2) is 18.2 Å². The Labute approximate surface area is 87.0 Å². The van der Waals surface area contributed by atoms with Gasteiger partial charge in [0.25, 0.3) is 0 Å². The van der Waals surface area contributed by atoms with E-state index in [1.165, 1.54) is 12.1 Å². The number of anilines is 1. The molecule has 1 aromatic carbocycles. The molecule has 0 aliphatic heterocycles. The summed E-state index contributed by atoms with van der Waals surface area (Å²) in [6, 6.07) is 4.61. The van der Waals surface area contributed by atoms with Gasteiger partial charge in [-0.2, -0.15) is 0 Å². The average molecular weight is 221 g/mol. The van der Waals surface area contributed by atoms with Gasteiger partial charge in [-0.25, -0.2) is 4.39 Å². The zero-order valence-corrected chi connectivity index (χ0v) is 8.50. The van der Waals surface area contributed by atoms with Crippen molar-refractivity contribution in [2.24, 2.45) is 0 Å². The first-order valence-corrected chi connectivity index (χ1v) is 4.62. The summed E-state index contributed by atoms with van der Waals surface area (Å²) in [6.45, 7) is 1.39. The molecule has 13 heavy (non-hydrogen) atoms. The molecule has 0 heterocycles. The lowest BCUT2D eigenvalue weighted by Crippen LogP contribution is -2.14. The molecular weight excluding hydrogens is 211 g/mol. The van der Waals surface area contributed by atoms with E-state index in [0.717, 1.165) is 0 Å². The lowest BCUT2D eigenvalue weighted by molar-refractivity contribution is 0.628. The van der Waals surface area contributed by atoms with E-state index in [2.05, 4.69) is 22.9 Å². The van der Waals surface area contributed by atoms with Crippen LogP contribution in [0.2, 0.25) is 5.02 Å². The van der Waals surface area contributed by atoms with Crippen molar-refractivity contribution in [1.82, 2.24) is 4.72 Å². The van der Waals surface area contributed by atoms with E-state index in [4.69, 9.17) is 11.6 Å². The van der Waals surface area contributed by atoms with Crippen LogP contribution < -0.4 is 10.0 Å². The molecule has 72 valence electrons. The van der Waals surface area contributed by atoms with E-state index in [0.29, 0.717) is 18.8 Å². The smallest absolute Gasteiger partial charge is 0.143 e. The lowest BCUT2D eigenvalue weighted by atomic mass is 10.3. The number of hydrogen-bond acceptors (Lipinski definition) is 3. The third-order valence-electron chi connectivity index (χ3n) is 1.49. The van der Waals surface area contributed by atoms with E-state index in [1.54, 1.807) is 6.07 Å². The van der Waals surface area contributed by atoms with Gasteiger partial charge in [-0.3, -0.25) is 4.72 Å². The first-order valence-electron chi connectivity index (χ1n) is 3.80. The van der Waals surface area contributed by atoms with Crippen molar-refractivity contribution in [2.75, 3.05) is 18.4 Å². The Morgan fingerprint density at radius 1 is 1.38 bits per heavy atom. The summed E-state index contributed by atoms with van der Waals surface area (Å²) >= 11 is 9.33. The van der Waals surface area contributed by atoms with Crippen molar-refractivity contribution < 1.29 is 4.39 Å². The number of halogens is 2. The molecule has 0 spiro atoms. The predicted molar refractivity (Wildman–Crippen MR) is 56.9 cm³/mol. The van der Waals surface area contributed by atoms with Crippen LogP contribution in [0.3, 0.4) is 0 Å². The molecule has 0 unspecified atom stereocenters. The van der Waals surface area contributed by atoms with Gasteiger partial charge in [0.1, 0.15) is 5.82 Å². The van der Waals surface area contributed by atoms with Crippen LogP contribution in [0.25, 0.3) is 0 Å². The van der Waals surface area contributed by atoms with Crippen LogP contribution in [-0.4, -0.2) is 13.1 Å². The van der Waals surface area contributed by atoms with E-state index in [9.17, 15) is 4.39 Å². The molecule has 0 radical (unpaired) electrons. The van der Waals surface area contributed by atoms with Gasteiger partial charge < -0.3 is 5.32 Å². The zero-order chi connectivity index (χ0) is 9.68. The third-order valence-corrected chi connectivity index (χ3v) is 2.02. The van der Waals surface area contributed by atoms with Gasteiger partial charge in [-0.15, -0.1) is 0 Å². The minimum Gasteiger partial charge on any atom is -0.384 e. The molecule has 2 nitrogen and oxygen atoms in total. The van der Waals surface area contributed by atoms with Crippen molar-refractivity contribution in [3.63, 3.8) is 0 Å². The first kappa shape index (κ1) is 10.6. The number of hydrogen-bond donors (Lipinski definition) is 3. The minimum absolute atomic E-state index is 0.137. The fourth-order valence-electron chi connectivity index (χ4n) is 0.869. The number of rotatable bonds is 4. The highest BCUT2D eigenvalue weighted by molar-refractivity contribution is 7.78. The summed E-state index contributed by atoms with van der Waals surface area (Å²) in [5, 5.41) is 3.14. The summed E-state index contributed by atoms with van der Waals surface area (Å²) in [5.74, 6) is -0.412. The largest absolute Gasteiger partial charge is 0.384 e. The van der Waals surface area contributed by atoms with Crippen LogP contribution in [0, 0.1) is 5.82 Å². The fraction of sp³-hybridized carbons (Fsp3) is 0.250. The van der Waals surface area contributed by atoms with Crippen molar-refractivity contribution in [3.05, 3.63) is 29.0 Å². The summed E-state index contributed by atoms with van der Waals surface area (Å²) in [4.78, 5) is 0. The number of benzene rings is 1. The molecule has 0 amide bonds. The van der Waals surface area contributed by atoms with E-state index in [1.807, 2.05) is 0 Å². The molecule has 0 aliphatic rings. The molecule has 0 aromatic heterocycles. The average Bonchev–Trinajstić information content (AvgIpc) is 2.12. The van der Waals surface area contributed by atoms with E-state index >= 15 is 0 Å². The van der Waals surface area contributed by atoms with Gasteiger partial charge in [0.15, 0.2) is 0 Å². The molecule has 0 aliphatic carbocycles. The molecule has 0 fully saturated rings. The van der Waals surface area contributed by atoms with E-state index in [-0.39, 0.29) is 5.02 Å². The molecule has 5 heteroatoms. The molecule has 2 N–H and O–H groups in total. The lowest BCUT2D eigenvalue weighted by Gasteiger charge is -2.05. The van der Waals surface area contributed by atoms with Crippen LogP contribution in [0.5, 0.6) is 0 Å². The second-order valence-corrected chi connectivity index (χ2v) is 3.19. The van der Waals surface area contributed by atoms with Crippen LogP contribution >= 0.6 is 24.4 Å². The topological polar surface area (TPSA) is 24.1 Å². The second-order valence-electron chi connectivity index (χ2n) is 2.46. The molecule has 1 aromatic rings. The van der Waals surface area contributed by atoms with Crippen molar-refractivity contribution in [3.8, 4) is 0 Å². The maximum absolute atomic E-state index is 12.9. The number of thiol groups is 1. The third kappa shape index (κ3) is 3.42. The maximum Gasteiger partial charge on any atom is 0.143 e.